The maximum Gasteiger partial charge on any atom is 0.261 e. The smallest absolute Gasteiger partial charge is 0.261 e. The van der Waals surface area contributed by atoms with Crippen LogP contribution in [0.1, 0.15) is 26.4 Å². The van der Waals surface area contributed by atoms with Gasteiger partial charge in [0.25, 0.3) is 5.91 Å². The Balaban J connectivity index is 1.52. The number of amides is 1. The van der Waals surface area contributed by atoms with Crippen molar-refractivity contribution in [3.8, 4) is 21.9 Å². The van der Waals surface area contributed by atoms with E-state index in [0.29, 0.717) is 33.9 Å². The van der Waals surface area contributed by atoms with Crippen molar-refractivity contribution in [1.29, 1.82) is 0 Å². The highest BCUT2D eigenvalue weighted by molar-refractivity contribution is 7.91. The van der Waals surface area contributed by atoms with E-state index in [1.165, 1.54) is 11.3 Å². The predicted octanol–water partition coefficient (Wildman–Crippen LogP) is 4.00. The molecule has 1 aliphatic rings. The first kappa shape index (κ1) is 21.4. The molecule has 4 rings (SSSR count). The quantitative estimate of drug-likeness (QED) is 0.605. The van der Waals surface area contributed by atoms with Crippen molar-refractivity contribution in [3.63, 3.8) is 0 Å². The minimum Gasteiger partial charge on any atom is -0.497 e. The lowest BCUT2D eigenvalue weighted by molar-refractivity contribution is 0.0958. The molecule has 162 valence electrons. The maximum absolute atomic E-state index is 12.8. The third-order valence-electron chi connectivity index (χ3n) is 5.26. The van der Waals surface area contributed by atoms with E-state index < -0.39 is 9.84 Å². The molecule has 1 aliphatic heterocycles. The molecule has 0 bridgehead atoms. The summed E-state index contributed by atoms with van der Waals surface area (Å²) in [5, 5.41) is 2.92. The molecular weight excluding hydrogens is 434 g/mol. The number of nitrogens with one attached hydrogen (secondary N) is 1. The molecule has 8 heteroatoms. The van der Waals surface area contributed by atoms with Crippen LogP contribution in [0.25, 0.3) is 10.4 Å². The number of hydrogen-bond acceptors (Lipinski definition) is 6. The molecule has 31 heavy (non-hydrogen) atoms. The van der Waals surface area contributed by atoms with Gasteiger partial charge >= 0.3 is 0 Å². The van der Waals surface area contributed by atoms with E-state index in [2.05, 4.69) is 5.32 Å². The highest BCUT2D eigenvalue weighted by Crippen LogP contribution is 2.43. The van der Waals surface area contributed by atoms with Crippen molar-refractivity contribution in [2.24, 2.45) is 0 Å². The van der Waals surface area contributed by atoms with Crippen LogP contribution in [0, 0.1) is 6.92 Å². The van der Waals surface area contributed by atoms with Crippen molar-refractivity contribution in [3.05, 3.63) is 64.0 Å². The fourth-order valence-corrected chi connectivity index (χ4v) is 6.66. The van der Waals surface area contributed by atoms with Gasteiger partial charge in [-0.3, -0.25) is 4.79 Å². The molecule has 3 aromatic rings. The lowest BCUT2D eigenvalue weighted by Crippen LogP contribution is -2.25. The molecule has 1 aromatic heterocycles. The summed E-state index contributed by atoms with van der Waals surface area (Å²) in [7, 11) is -0.201. The zero-order chi connectivity index (χ0) is 22.2. The molecule has 0 atom stereocenters. The zero-order valence-electron chi connectivity index (χ0n) is 17.5. The van der Waals surface area contributed by atoms with Gasteiger partial charge in [-0.25, -0.2) is 8.42 Å². The summed E-state index contributed by atoms with van der Waals surface area (Å²) in [6.45, 7) is 2.29. The van der Waals surface area contributed by atoms with E-state index in [1.807, 2.05) is 37.3 Å². The Kier molecular flexibility index (Phi) is 5.77. The minimum atomic E-state index is -3.41. The highest BCUT2D eigenvalue weighted by atomic mass is 32.2. The van der Waals surface area contributed by atoms with Crippen molar-refractivity contribution in [2.75, 3.05) is 20.8 Å². The first-order valence-electron chi connectivity index (χ1n) is 9.78. The van der Waals surface area contributed by atoms with Crippen LogP contribution in [-0.2, 0) is 22.0 Å². The molecule has 0 fully saturated rings. The number of benzene rings is 2. The van der Waals surface area contributed by atoms with Crippen molar-refractivity contribution >= 4 is 27.1 Å². The standard InChI is InChI=1S/C23H23NO5S2/c1-14-4-6-18-21(10-14)31(26,27)13-16-12-20(30-22(16)18)23(25)24-9-8-15-11-17(28-2)5-7-19(15)29-3/h4-7,10-12H,8-9,13H2,1-3H3,(H,24,25). The summed E-state index contributed by atoms with van der Waals surface area (Å²) >= 11 is 1.33. The SMILES string of the molecule is COc1ccc(OC)c(CCNC(=O)c2cc3c(s2)-c2ccc(C)cc2S(=O)(=O)C3)c1. The van der Waals surface area contributed by atoms with Gasteiger partial charge in [-0.1, -0.05) is 12.1 Å². The topological polar surface area (TPSA) is 81.7 Å². The first-order chi connectivity index (χ1) is 14.8. The minimum absolute atomic E-state index is 0.0798. The highest BCUT2D eigenvalue weighted by Gasteiger charge is 2.30. The number of rotatable bonds is 6. The van der Waals surface area contributed by atoms with Gasteiger partial charge in [0.1, 0.15) is 11.5 Å². The molecule has 0 saturated carbocycles. The van der Waals surface area contributed by atoms with Gasteiger partial charge in [0, 0.05) is 17.0 Å². The normalized spacial score (nSPS) is 13.8. The Labute approximate surface area is 185 Å². The van der Waals surface area contributed by atoms with Gasteiger partial charge in [-0.05, 0) is 60.4 Å². The third-order valence-corrected chi connectivity index (χ3v) is 8.17. The average molecular weight is 458 g/mol. The van der Waals surface area contributed by atoms with Gasteiger partial charge in [0.2, 0.25) is 0 Å². The lowest BCUT2D eigenvalue weighted by Gasteiger charge is -2.17. The van der Waals surface area contributed by atoms with Crippen LogP contribution in [0.15, 0.2) is 47.4 Å². The molecule has 1 amide bonds. The Morgan fingerprint density at radius 2 is 1.90 bits per heavy atom. The molecule has 1 N–H and O–H groups in total. The Morgan fingerprint density at radius 1 is 1.10 bits per heavy atom. The fourth-order valence-electron chi connectivity index (χ4n) is 3.71. The molecule has 0 spiro atoms. The summed E-state index contributed by atoms with van der Waals surface area (Å²) in [6.07, 6.45) is 0.577. The second-order valence-electron chi connectivity index (χ2n) is 7.41. The molecular formula is C23H23NO5S2. The third kappa shape index (κ3) is 4.18. The van der Waals surface area contributed by atoms with Crippen molar-refractivity contribution < 1.29 is 22.7 Å². The average Bonchev–Trinajstić information content (AvgIpc) is 3.17. The van der Waals surface area contributed by atoms with Gasteiger partial charge in [-0.15, -0.1) is 11.3 Å². The number of thiophene rings is 1. The first-order valence-corrected chi connectivity index (χ1v) is 12.2. The summed E-state index contributed by atoms with van der Waals surface area (Å²) in [5.74, 6) is 1.16. The van der Waals surface area contributed by atoms with Gasteiger partial charge in [-0.2, -0.15) is 0 Å². The van der Waals surface area contributed by atoms with Crippen LogP contribution < -0.4 is 14.8 Å². The molecule has 0 saturated heterocycles. The number of carbonyl (C=O) groups excluding carboxylic acids is 1. The fraction of sp³-hybridized carbons (Fsp3) is 0.261. The summed E-state index contributed by atoms with van der Waals surface area (Å²) < 4.78 is 36.0. The van der Waals surface area contributed by atoms with Crippen LogP contribution in [0.2, 0.25) is 0 Å². The number of sulfone groups is 1. The number of fused-ring (bicyclic) bond motifs is 3. The zero-order valence-corrected chi connectivity index (χ0v) is 19.2. The predicted molar refractivity (Wildman–Crippen MR) is 121 cm³/mol. The number of hydrogen-bond donors (Lipinski definition) is 1. The van der Waals surface area contributed by atoms with Crippen LogP contribution >= 0.6 is 11.3 Å². The summed E-state index contributed by atoms with van der Waals surface area (Å²) in [6, 6.07) is 12.7. The van der Waals surface area contributed by atoms with Crippen LogP contribution in [0.4, 0.5) is 0 Å². The van der Waals surface area contributed by atoms with Crippen LogP contribution in [0.5, 0.6) is 11.5 Å². The number of aryl methyl sites for hydroxylation is 1. The van der Waals surface area contributed by atoms with E-state index in [-0.39, 0.29) is 11.7 Å². The van der Waals surface area contributed by atoms with Crippen LogP contribution in [-0.4, -0.2) is 35.1 Å². The van der Waals surface area contributed by atoms with Crippen LogP contribution in [0.3, 0.4) is 0 Å². The van der Waals surface area contributed by atoms with Gasteiger partial charge in [0.05, 0.1) is 29.7 Å². The Morgan fingerprint density at radius 3 is 2.65 bits per heavy atom. The molecule has 0 radical (unpaired) electrons. The van der Waals surface area contributed by atoms with E-state index in [0.717, 1.165) is 27.5 Å². The van der Waals surface area contributed by atoms with E-state index in [9.17, 15) is 13.2 Å². The van der Waals surface area contributed by atoms with Crippen molar-refractivity contribution in [2.45, 2.75) is 24.0 Å². The second-order valence-corrected chi connectivity index (χ2v) is 10.4. The van der Waals surface area contributed by atoms with E-state index in [4.69, 9.17) is 9.47 Å². The number of carbonyl (C=O) groups is 1. The van der Waals surface area contributed by atoms with Gasteiger partial charge in [0.15, 0.2) is 9.84 Å². The Bertz CT molecular complexity index is 1260. The number of methoxy groups -OCH3 is 2. The number of ether oxygens (including phenoxy) is 2. The molecule has 0 aliphatic carbocycles. The van der Waals surface area contributed by atoms with E-state index >= 15 is 0 Å². The molecule has 6 nitrogen and oxygen atoms in total. The molecule has 2 aromatic carbocycles. The monoisotopic (exact) mass is 457 g/mol. The van der Waals surface area contributed by atoms with Crippen molar-refractivity contribution in [1.82, 2.24) is 5.32 Å². The van der Waals surface area contributed by atoms with Gasteiger partial charge < -0.3 is 14.8 Å². The molecule has 2 heterocycles. The summed E-state index contributed by atoms with van der Waals surface area (Å²) in [4.78, 5) is 14.5. The van der Waals surface area contributed by atoms with E-state index in [1.54, 1.807) is 26.4 Å². The Hall–Kier alpha value is -2.84. The second kappa shape index (κ2) is 8.36. The summed E-state index contributed by atoms with van der Waals surface area (Å²) in [5.41, 5.74) is 3.19. The maximum atomic E-state index is 12.8. The molecule has 0 unspecified atom stereocenters. The largest absolute Gasteiger partial charge is 0.497 e. The lowest BCUT2D eigenvalue weighted by atomic mass is 10.1.